The van der Waals surface area contributed by atoms with E-state index in [1.807, 2.05) is 10.6 Å². The van der Waals surface area contributed by atoms with Crippen molar-refractivity contribution in [2.24, 2.45) is 5.73 Å². The largest absolute Gasteiger partial charge is 0.416 e. The van der Waals surface area contributed by atoms with E-state index in [1.54, 1.807) is 30.5 Å². The molecular formula is C25H24F3N7O. The standard InChI is InChI=1S/C25H24F3N7O/c26-25(27,28)17-8-9-31-19(13-17)33-24(36)15-6-4-14(5-7-15)20-21-22(30)32-10-11-35(21)23(34-20)16-2-1-3-18(29)12-16/h4-11,13,16,18H,1-3,12,29H2,(H2,30,32)(H,31,33,36)/t16?,18-/m1/s1. The third-order valence-electron chi connectivity index (χ3n) is 6.44. The highest BCUT2D eigenvalue weighted by molar-refractivity contribution is 6.04. The Balaban J connectivity index is 1.43. The number of halogens is 3. The van der Waals surface area contributed by atoms with Gasteiger partial charge in [-0.2, -0.15) is 13.2 Å². The van der Waals surface area contributed by atoms with Crippen molar-refractivity contribution in [1.82, 2.24) is 19.4 Å². The van der Waals surface area contributed by atoms with Gasteiger partial charge in [-0.3, -0.25) is 9.20 Å². The maximum absolute atomic E-state index is 12.9. The molecule has 0 saturated heterocycles. The predicted molar refractivity (Wildman–Crippen MR) is 129 cm³/mol. The van der Waals surface area contributed by atoms with Gasteiger partial charge in [0.05, 0.1) is 5.56 Å². The van der Waals surface area contributed by atoms with Crippen molar-refractivity contribution in [3.63, 3.8) is 0 Å². The fourth-order valence-corrected chi connectivity index (χ4v) is 4.68. The van der Waals surface area contributed by atoms with Crippen LogP contribution in [0.4, 0.5) is 24.8 Å². The number of aromatic nitrogens is 4. The Morgan fingerprint density at radius 2 is 1.86 bits per heavy atom. The van der Waals surface area contributed by atoms with Crippen molar-refractivity contribution in [1.29, 1.82) is 0 Å². The van der Waals surface area contributed by atoms with Gasteiger partial charge >= 0.3 is 6.18 Å². The fraction of sp³-hybridized carbons (Fsp3) is 0.280. The van der Waals surface area contributed by atoms with Gasteiger partial charge in [0.1, 0.15) is 28.7 Å². The molecule has 5 rings (SSSR count). The molecule has 0 aliphatic heterocycles. The van der Waals surface area contributed by atoms with Crippen LogP contribution in [0.5, 0.6) is 0 Å². The van der Waals surface area contributed by atoms with Gasteiger partial charge in [-0.15, -0.1) is 0 Å². The Hall–Kier alpha value is -3.99. The number of hydrogen-bond donors (Lipinski definition) is 3. The van der Waals surface area contributed by atoms with E-state index in [0.29, 0.717) is 17.0 Å². The summed E-state index contributed by atoms with van der Waals surface area (Å²) in [6.45, 7) is 0. The molecule has 2 atom stereocenters. The molecule has 3 aromatic heterocycles. The monoisotopic (exact) mass is 495 g/mol. The smallest absolute Gasteiger partial charge is 0.382 e. The number of nitrogens with zero attached hydrogens (tertiary/aromatic N) is 4. The van der Waals surface area contributed by atoms with Gasteiger partial charge in [0.25, 0.3) is 5.91 Å². The summed E-state index contributed by atoms with van der Waals surface area (Å²) in [7, 11) is 0. The summed E-state index contributed by atoms with van der Waals surface area (Å²) in [5.74, 6) is 0.640. The lowest BCUT2D eigenvalue weighted by Gasteiger charge is -2.25. The van der Waals surface area contributed by atoms with Gasteiger partial charge in [-0.1, -0.05) is 18.6 Å². The highest BCUT2D eigenvalue weighted by Crippen LogP contribution is 2.36. The van der Waals surface area contributed by atoms with Crippen LogP contribution in [0.1, 0.15) is 53.3 Å². The Morgan fingerprint density at radius 3 is 2.58 bits per heavy atom. The van der Waals surface area contributed by atoms with Crippen LogP contribution in [0.25, 0.3) is 16.8 Å². The first-order chi connectivity index (χ1) is 17.2. The van der Waals surface area contributed by atoms with E-state index < -0.39 is 17.6 Å². The minimum Gasteiger partial charge on any atom is -0.382 e. The first-order valence-electron chi connectivity index (χ1n) is 11.5. The second-order valence-corrected chi connectivity index (χ2v) is 8.93. The quantitative estimate of drug-likeness (QED) is 0.379. The van der Waals surface area contributed by atoms with E-state index >= 15 is 0 Å². The number of rotatable bonds is 4. The number of fused-ring (bicyclic) bond motifs is 1. The molecule has 1 aliphatic carbocycles. The van der Waals surface area contributed by atoms with E-state index in [0.717, 1.165) is 55.4 Å². The van der Waals surface area contributed by atoms with Crippen molar-refractivity contribution in [2.45, 2.75) is 43.8 Å². The van der Waals surface area contributed by atoms with Gasteiger partial charge in [-0.05, 0) is 43.5 Å². The normalized spacial score (nSPS) is 18.3. The Morgan fingerprint density at radius 1 is 1.08 bits per heavy atom. The SMILES string of the molecule is Nc1nccn2c(C3CCC[C@@H](N)C3)nc(-c3ccc(C(=O)Nc4cc(C(F)(F)F)ccn4)cc3)c12. The highest BCUT2D eigenvalue weighted by atomic mass is 19.4. The summed E-state index contributed by atoms with van der Waals surface area (Å²) >= 11 is 0. The summed E-state index contributed by atoms with van der Waals surface area (Å²) in [6, 6.07) is 8.35. The molecule has 0 radical (unpaired) electrons. The summed E-state index contributed by atoms with van der Waals surface area (Å²) in [4.78, 5) is 25.6. The van der Waals surface area contributed by atoms with Crippen LogP contribution in [-0.2, 0) is 6.18 Å². The van der Waals surface area contributed by atoms with Gasteiger partial charge in [0.2, 0.25) is 0 Å². The molecule has 5 N–H and O–H groups in total. The Kier molecular flexibility index (Phi) is 6.09. The number of imidazole rings is 1. The van der Waals surface area contributed by atoms with E-state index in [-0.39, 0.29) is 23.3 Å². The zero-order valence-electron chi connectivity index (χ0n) is 19.2. The lowest BCUT2D eigenvalue weighted by atomic mass is 9.85. The van der Waals surface area contributed by atoms with Crippen LogP contribution < -0.4 is 16.8 Å². The average Bonchev–Trinajstić information content (AvgIpc) is 3.25. The van der Waals surface area contributed by atoms with Crippen LogP contribution in [-0.4, -0.2) is 31.3 Å². The molecule has 1 amide bonds. The van der Waals surface area contributed by atoms with Crippen LogP contribution >= 0.6 is 0 Å². The molecule has 36 heavy (non-hydrogen) atoms. The number of anilines is 2. The summed E-state index contributed by atoms with van der Waals surface area (Å²) in [5, 5.41) is 2.41. The van der Waals surface area contributed by atoms with Gasteiger partial charge < -0.3 is 16.8 Å². The molecule has 1 aliphatic rings. The van der Waals surface area contributed by atoms with E-state index in [9.17, 15) is 18.0 Å². The van der Waals surface area contributed by atoms with Crippen LogP contribution in [0.3, 0.4) is 0 Å². The number of amides is 1. The van der Waals surface area contributed by atoms with E-state index in [2.05, 4.69) is 15.3 Å². The van der Waals surface area contributed by atoms with Gasteiger partial charge in [0, 0.05) is 41.7 Å². The number of hydrogen-bond acceptors (Lipinski definition) is 6. The lowest BCUT2D eigenvalue weighted by molar-refractivity contribution is -0.137. The minimum atomic E-state index is -4.53. The third kappa shape index (κ3) is 4.61. The Labute approximate surface area is 204 Å². The number of nitrogens with two attached hydrogens (primary N) is 2. The average molecular weight is 496 g/mol. The topological polar surface area (TPSA) is 124 Å². The number of nitrogen functional groups attached to an aromatic ring is 1. The predicted octanol–water partition coefficient (Wildman–Crippen LogP) is 4.63. The zero-order chi connectivity index (χ0) is 25.4. The van der Waals surface area contributed by atoms with E-state index in [1.165, 1.54) is 0 Å². The number of carbonyl (C=O) groups excluding carboxylic acids is 1. The molecular weight excluding hydrogens is 471 g/mol. The number of benzene rings is 1. The Bertz CT molecular complexity index is 1420. The maximum Gasteiger partial charge on any atom is 0.416 e. The molecule has 3 heterocycles. The van der Waals surface area contributed by atoms with Gasteiger partial charge in [0.15, 0.2) is 0 Å². The molecule has 0 bridgehead atoms. The number of nitrogens with one attached hydrogen (secondary N) is 1. The maximum atomic E-state index is 12.9. The first-order valence-corrected chi connectivity index (χ1v) is 11.5. The molecule has 186 valence electrons. The molecule has 11 heteroatoms. The van der Waals surface area contributed by atoms with E-state index in [4.69, 9.17) is 16.5 Å². The van der Waals surface area contributed by atoms with Gasteiger partial charge in [-0.25, -0.2) is 15.0 Å². The second kappa shape index (κ2) is 9.23. The molecule has 1 saturated carbocycles. The third-order valence-corrected chi connectivity index (χ3v) is 6.44. The molecule has 1 fully saturated rings. The highest BCUT2D eigenvalue weighted by Gasteiger charge is 2.31. The van der Waals surface area contributed by atoms with Crippen molar-refractivity contribution < 1.29 is 18.0 Å². The van der Waals surface area contributed by atoms with Crippen molar-refractivity contribution >= 4 is 23.1 Å². The number of pyridine rings is 1. The molecule has 1 unspecified atom stereocenters. The fourth-order valence-electron chi connectivity index (χ4n) is 4.68. The van der Waals surface area contributed by atoms with Crippen molar-refractivity contribution in [3.8, 4) is 11.3 Å². The molecule has 0 spiro atoms. The summed E-state index contributed by atoms with van der Waals surface area (Å²) in [6.07, 6.45) is 3.78. The first kappa shape index (κ1) is 23.7. The van der Waals surface area contributed by atoms with Crippen LogP contribution in [0.2, 0.25) is 0 Å². The van der Waals surface area contributed by atoms with Crippen molar-refractivity contribution in [3.05, 3.63) is 71.9 Å². The second-order valence-electron chi connectivity index (χ2n) is 8.93. The van der Waals surface area contributed by atoms with Crippen LogP contribution in [0, 0.1) is 0 Å². The zero-order valence-corrected chi connectivity index (χ0v) is 19.2. The molecule has 4 aromatic rings. The number of carbonyl (C=O) groups is 1. The van der Waals surface area contributed by atoms with Crippen LogP contribution in [0.15, 0.2) is 55.0 Å². The molecule has 8 nitrogen and oxygen atoms in total. The van der Waals surface area contributed by atoms with Crippen molar-refractivity contribution in [2.75, 3.05) is 11.1 Å². The summed E-state index contributed by atoms with van der Waals surface area (Å²) in [5.41, 5.74) is 13.8. The summed E-state index contributed by atoms with van der Waals surface area (Å²) < 4.78 is 40.8. The number of alkyl halides is 3. The minimum absolute atomic E-state index is 0.128. The molecule has 1 aromatic carbocycles. The lowest BCUT2D eigenvalue weighted by Crippen LogP contribution is -2.27.